The second-order valence-electron chi connectivity index (χ2n) is 6.90. The molecule has 6 heteroatoms. The lowest BCUT2D eigenvalue weighted by molar-refractivity contribution is -0.112. The van der Waals surface area contributed by atoms with Crippen molar-refractivity contribution in [1.29, 1.82) is 5.26 Å². The third kappa shape index (κ3) is 5.51. The molecule has 1 saturated heterocycles. The number of nitrogens with zero attached hydrogens (tertiary/aromatic N) is 2. The molecule has 144 valence electrons. The molecular weight excluding hydrogens is 393 g/mol. The minimum Gasteiger partial charge on any atom is -0.376 e. The standard InChI is InChI=1S/C22H21Cl2N3O/c23-19-6-7-21(20(24)13-19)26-22(28)18(14-25)15-27-10-8-17(9-11-27)12-16-4-2-1-3-5-16/h1-7,13,15,17H,8-12H2,(H,26,28)/b18-15-. The minimum atomic E-state index is -0.474. The number of halogens is 2. The van der Waals surface area contributed by atoms with Gasteiger partial charge in [-0.15, -0.1) is 0 Å². The molecular formula is C22H21Cl2N3O. The second kappa shape index (κ2) is 9.64. The van der Waals surface area contributed by atoms with Crippen molar-refractivity contribution in [3.8, 4) is 6.07 Å². The van der Waals surface area contributed by atoms with E-state index in [0.717, 1.165) is 32.4 Å². The molecule has 0 bridgehead atoms. The summed E-state index contributed by atoms with van der Waals surface area (Å²) in [5, 5.41) is 12.9. The van der Waals surface area contributed by atoms with E-state index in [2.05, 4.69) is 29.6 Å². The van der Waals surface area contributed by atoms with E-state index in [0.29, 0.717) is 21.7 Å². The predicted octanol–water partition coefficient (Wildman–Crippen LogP) is 5.29. The lowest BCUT2D eigenvalue weighted by Gasteiger charge is -2.31. The topological polar surface area (TPSA) is 56.1 Å². The summed E-state index contributed by atoms with van der Waals surface area (Å²) in [5.74, 6) is 0.150. The van der Waals surface area contributed by atoms with Gasteiger partial charge in [-0.05, 0) is 48.9 Å². The lowest BCUT2D eigenvalue weighted by Crippen LogP contribution is -2.31. The van der Waals surface area contributed by atoms with Crippen molar-refractivity contribution < 1.29 is 4.79 Å². The second-order valence-corrected chi connectivity index (χ2v) is 7.75. The van der Waals surface area contributed by atoms with Gasteiger partial charge < -0.3 is 10.2 Å². The summed E-state index contributed by atoms with van der Waals surface area (Å²) in [5.41, 5.74) is 1.85. The highest BCUT2D eigenvalue weighted by atomic mass is 35.5. The number of carbonyl (C=O) groups is 1. The first kappa shape index (κ1) is 20.3. The summed E-state index contributed by atoms with van der Waals surface area (Å²) >= 11 is 12.0. The molecule has 0 aliphatic carbocycles. The zero-order valence-electron chi connectivity index (χ0n) is 15.4. The summed E-state index contributed by atoms with van der Waals surface area (Å²) < 4.78 is 0. The quantitative estimate of drug-likeness (QED) is 0.534. The number of amides is 1. The van der Waals surface area contributed by atoms with E-state index >= 15 is 0 Å². The zero-order valence-corrected chi connectivity index (χ0v) is 16.9. The van der Waals surface area contributed by atoms with Crippen molar-refractivity contribution in [2.24, 2.45) is 5.92 Å². The van der Waals surface area contributed by atoms with E-state index in [1.54, 1.807) is 24.4 Å². The van der Waals surface area contributed by atoms with Crippen LogP contribution in [-0.4, -0.2) is 23.9 Å². The van der Waals surface area contributed by atoms with Crippen LogP contribution >= 0.6 is 23.2 Å². The van der Waals surface area contributed by atoms with Crippen LogP contribution in [0.5, 0.6) is 0 Å². The number of nitrogens with one attached hydrogen (secondary N) is 1. The maximum absolute atomic E-state index is 12.4. The van der Waals surface area contributed by atoms with E-state index in [9.17, 15) is 10.1 Å². The summed E-state index contributed by atoms with van der Waals surface area (Å²) in [6, 6.07) is 17.3. The predicted molar refractivity (Wildman–Crippen MR) is 113 cm³/mol. The van der Waals surface area contributed by atoms with Gasteiger partial charge >= 0.3 is 0 Å². The highest BCUT2D eigenvalue weighted by molar-refractivity contribution is 6.36. The van der Waals surface area contributed by atoms with Gasteiger partial charge in [0.25, 0.3) is 5.91 Å². The average molecular weight is 414 g/mol. The number of carbonyl (C=O) groups excluding carboxylic acids is 1. The van der Waals surface area contributed by atoms with E-state index in [1.165, 1.54) is 5.56 Å². The van der Waals surface area contributed by atoms with Crippen LogP contribution in [0.1, 0.15) is 18.4 Å². The number of rotatable bonds is 5. The smallest absolute Gasteiger partial charge is 0.267 e. The van der Waals surface area contributed by atoms with Gasteiger partial charge in [0.15, 0.2) is 0 Å². The van der Waals surface area contributed by atoms with Crippen LogP contribution in [0.2, 0.25) is 10.0 Å². The van der Waals surface area contributed by atoms with Crippen LogP contribution in [0.3, 0.4) is 0 Å². The molecule has 0 aromatic heterocycles. The molecule has 2 aromatic carbocycles. The van der Waals surface area contributed by atoms with Crippen LogP contribution in [0.25, 0.3) is 0 Å². The Morgan fingerprint density at radius 1 is 1.18 bits per heavy atom. The molecule has 28 heavy (non-hydrogen) atoms. The zero-order chi connectivity index (χ0) is 19.9. The molecule has 3 rings (SSSR count). The van der Waals surface area contributed by atoms with Gasteiger partial charge in [0.05, 0.1) is 10.7 Å². The monoisotopic (exact) mass is 413 g/mol. The highest BCUT2D eigenvalue weighted by Gasteiger charge is 2.20. The first-order valence-electron chi connectivity index (χ1n) is 9.21. The number of piperidine rings is 1. The molecule has 1 amide bonds. The van der Waals surface area contributed by atoms with Crippen molar-refractivity contribution in [3.63, 3.8) is 0 Å². The third-order valence-corrected chi connectivity index (χ3v) is 5.42. The molecule has 0 saturated carbocycles. The van der Waals surface area contributed by atoms with Crippen molar-refractivity contribution >= 4 is 34.8 Å². The Kier molecular flexibility index (Phi) is 6.97. The Morgan fingerprint density at radius 2 is 1.89 bits per heavy atom. The Bertz CT molecular complexity index is 898. The number of nitriles is 1. The fourth-order valence-electron chi connectivity index (χ4n) is 3.33. The fourth-order valence-corrected chi connectivity index (χ4v) is 3.79. The van der Waals surface area contributed by atoms with E-state index in [4.69, 9.17) is 23.2 Å². The highest BCUT2D eigenvalue weighted by Crippen LogP contribution is 2.26. The Morgan fingerprint density at radius 3 is 2.54 bits per heavy atom. The number of hydrogen-bond acceptors (Lipinski definition) is 3. The van der Waals surface area contributed by atoms with Gasteiger partial charge in [-0.2, -0.15) is 5.26 Å². The van der Waals surface area contributed by atoms with Crippen molar-refractivity contribution in [2.75, 3.05) is 18.4 Å². The van der Waals surface area contributed by atoms with Gasteiger partial charge in [0, 0.05) is 24.3 Å². The summed E-state index contributed by atoms with van der Waals surface area (Å²) in [6.07, 6.45) is 4.79. The minimum absolute atomic E-state index is 0.0625. The molecule has 0 atom stereocenters. The molecule has 2 aromatic rings. The Labute approximate surface area is 175 Å². The summed E-state index contributed by atoms with van der Waals surface area (Å²) in [7, 11) is 0. The van der Waals surface area contributed by atoms with Crippen LogP contribution < -0.4 is 5.32 Å². The van der Waals surface area contributed by atoms with Gasteiger partial charge in [-0.3, -0.25) is 4.79 Å². The molecule has 1 N–H and O–H groups in total. The molecule has 1 fully saturated rings. The normalized spacial score (nSPS) is 15.2. The maximum Gasteiger partial charge on any atom is 0.267 e. The van der Waals surface area contributed by atoms with Crippen molar-refractivity contribution in [2.45, 2.75) is 19.3 Å². The largest absolute Gasteiger partial charge is 0.376 e. The number of benzene rings is 2. The van der Waals surface area contributed by atoms with E-state index in [1.807, 2.05) is 17.0 Å². The first-order valence-corrected chi connectivity index (χ1v) is 9.97. The van der Waals surface area contributed by atoms with Gasteiger partial charge in [-0.25, -0.2) is 0 Å². The van der Waals surface area contributed by atoms with Gasteiger partial charge in [0.1, 0.15) is 11.6 Å². The molecule has 0 unspecified atom stereocenters. The van der Waals surface area contributed by atoms with Crippen LogP contribution in [0.4, 0.5) is 5.69 Å². The summed E-state index contributed by atoms with van der Waals surface area (Å²) in [4.78, 5) is 14.5. The van der Waals surface area contributed by atoms with Gasteiger partial charge in [0.2, 0.25) is 0 Å². The molecule has 0 spiro atoms. The van der Waals surface area contributed by atoms with E-state index in [-0.39, 0.29) is 5.57 Å². The average Bonchev–Trinajstić information content (AvgIpc) is 2.70. The maximum atomic E-state index is 12.4. The number of hydrogen-bond donors (Lipinski definition) is 1. The third-order valence-electron chi connectivity index (χ3n) is 4.87. The van der Waals surface area contributed by atoms with E-state index < -0.39 is 5.91 Å². The van der Waals surface area contributed by atoms with Crippen LogP contribution in [-0.2, 0) is 11.2 Å². The molecule has 1 heterocycles. The molecule has 1 aliphatic heterocycles. The summed E-state index contributed by atoms with van der Waals surface area (Å²) in [6.45, 7) is 1.66. The fraction of sp³-hybridized carbons (Fsp3) is 0.273. The van der Waals surface area contributed by atoms with Crippen molar-refractivity contribution in [3.05, 3.63) is 75.9 Å². The van der Waals surface area contributed by atoms with Crippen LogP contribution in [0, 0.1) is 17.2 Å². The number of anilines is 1. The molecule has 4 nitrogen and oxygen atoms in total. The number of likely N-dealkylation sites (tertiary alicyclic amines) is 1. The Hall–Kier alpha value is -2.48. The Balaban J connectivity index is 1.57. The SMILES string of the molecule is N#C/C(=C/N1CCC(Cc2ccccc2)CC1)C(=O)Nc1ccc(Cl)cc1Cl. The van der Waals surface area contributed by atoms with Crippen LogP contribution in [0.15, 0.2) is 60.3 Å². The lowest BCUT2D eigenvalue weighted by atomic mass is 9.90. The molecule has 1 aliphatic rings. The van der Waals surface area contributed by atoms with Crippen molar-refractivity contribution in [1.82, 2.24) is 4.90 Å². The molecule has 0 radical (unpaired) electrons. The first-order chi connectivity index (χ1) is 13.5. The van der Waals surface area contributed by atoms with Gasteiger partial charge in [-0.1, -0.05) is 53.5 Å².